The van der Waals surface area contributed by atoms with Crippen LogP contribution < -0.4 is 31.1 Å². The van der Waals surface area contributed by atoms with E-state index in [4.69, 9.17) is 4.74 Å². The van der Waals surface area contributed by atoms with Gasteiger partial charge in [0.05, 0.1) is 7.11 Å². The number of hydrogen-bond donors (Lipinski definition) is 2. The van der Waals surface area contributed by atoms with Crippen molar-refractivity contribution in [1.82, 2.24) is 5.32 Å². The van der Waals surface area contributed by atoms with Crippen molar-refractivity contribution < 1.29 is 9.53 Å². The van der Waals surface area contributed by atoms with Gasteiger partial charge in [0, 0.05) is 37.7 Å². The summed E-state index contributed by atoms with van der Waals surface area (Å²) in [4.78, 5) is 39.1. The van der Waals surface area contributed by atoms with Crippen molar-refractivity contribution in [2.24, 2.45) is 17.8 Å². The van der Waals surface area contributed by atoms with Crippen molar-refractivity contribution in [2.75, 3.05) is 37.0 Å². The minimum atomic E-state index is -0.381. The van der Waals surface area contributed by atoms with Gasteiger partial charge in [-0.1, -0.05) is 25.1 Å². The van der Waals surface area contributed by atoms with E-state index in [1.807, 2.05) is 24.3 Å². The molecule has 0 bridgehead atoms. The number of ether oxygens (including phenoxy) is 1. The fourth-order valence-corrected chi connectivity index (χ4v) is 5.13. The van der Waals surface area contributed by atoms with E-state index >= 15 is 0 Å². The first-order valence-corrected chi connectivity index (χ1v) is 12.2. The zero-order chi connectivity index (χ0) is 23.4. The second-order valence-electron chi connectivity index (χ2n) is 9.68. The van der Waals surface area contributed by atoms with Gasteiger partial charge in [-0.25, -0.2) is 0 Å². The number of methoxy groups -OCH3 is 1. The smallest absolute Gasteiger partial charge is 0.253 e. The minimum absolute atomic E-state index is 0.0213. The van der Waals surface area contributed by atoms with Crippen LogP contribution in [-0.4, -0.2) is 32.7 Å². The Morgan fingerprint density at radius 3 is 2.42 bits per heavy atom. The van der Waals surface area contributed by atoms with E-state index in [-0.39, 0.29) is 22.7 Å². The zero-order valence-electron chi connectivity index (χ0n) is 19.7. The van der Waals surface area contributed by atoms with Crippen molar-refractivity contribution in [2.45, 2.75) is 52.0 Å². The average molecular weight is 454 g/mol. The van der Waals surface area contributed by atoms with Crippen LogP contribution in [0.25, 0.3) is 0 Å². The van der Waals surface area contributed by atoms with E-state index in [0.717, 1.165) is 62.9 Å². The van der Waals surface area contributed by atoms with Crippen LogP contribution in [0.3, 0.4) is 0 Å². The number of benzene rings is 1. The standard InChI is InChI=1S/C26H35N3O4/c1-17-11-13-29(14-12-17)23-22(24(30)25(23)31)27-15-18-7-9-19(10-8-18)26(32)28-16-20-5-3-4-6-21(20)33-2/h3-6,17-19,27H,7-16H2,1-2H3,(H,28,32). The summed E-state index contributed by atoms with van der Waals surface area (Å²) in [5, 5.41) is 6.34. The molecule has 1 saturated carbocycles. The molecule has 7 nitrogen and oxygen atoms in total. The summed E-state index contributed by atoms with van der Waals surface area (Å²) in [6.45, 7) is 5.06. The van der Waals surface area contributed by atoms with Crippen molar-refractivity contribution >= 4 is 17.3 Å². The Hall–Kier alpha value is -2.83. The summed E-state index contributed by atoms with van der Waals surface area (Å²) in [5.74, 6) is 1.97. The first-order chi connectivity index (χ1) is 16.0. The molecule has 4 rings (SSSR count). The number of rotatable bonds is 8. The summed E-state index contributed by atoms with van der Waals surface area (Å²) >= 11 is 0. The molecule has 2 aromatic carbocycles. The largest absolute Gasteiger partial charge is 0.496 e. The zero-order valence-corrected chi connectivity index (χ0v) is 19.7. The first-order valence-electron chi connectivity index (χ1n) is 12.2. The van der Waals surface area contributed by atoms with E-state index in [2.05, 4.69) is 22.5 Å². The lowest BCUT2D eigenvalue weighted by molar-refractivity contribution is -0.126. The molecule has 1 heterocycles. The Bertz CT molecular complexity index is 1030. The van der Waals surface area contributed by atoms with Gasteiger partial charge < -0.3 is 20.3 Å². The molecule has 0 radical (unpaired) electrons. The maximum atomic E-state index is 12.7. The van der Waals surface area contributed by atoms with Gasteiger partial charge in [0.2, 0.25) is 5.91 Å². The maximum absolute atomic E-state index is 12.7. The van der Waals surface area contributed by atoms with Crippen LogP contribution in [-0.2, 0) is 11.3 Å². The highest BCUT2D eigenvalue weighted by molar-refractivity contribution is 5.78. The Labute approximate surface area is 195 Å². The topological polar surface area (TPSA) is 87.7 Å². The van der Waals surface area contributed by atoms with Gasteiger partial charge in [-0.3, -0.25) is 14.4 Å². The van der Waals surface area contributed by atoms with Crippen LogP contribution in [0.4, 0.5) is 11.4 Å². The summed E-state index contributed by atoms with van der Waals surface area (Å²) < 4.78 is 5.35. The Morgan fingerprint density at radius 2 is 1.73 bits per heavy atom. The van der Waals surface area contributed by atoms with Gasteiger partial charge in [0.25, 0.3) is 10.9 Å². The molecule has 1 aliphatic carbocycles. The number of amides is 1. The molecule has 0 unspecified atom stereocenters. The van der Waals surface area contributed by atoms with Crippen LogP contribution in [0.5, 0.6) is 5.75 Å². The second kappa shape index (κ2) is 10.4. The van der Waals surface area contributed by atoms with Crippen LogP contribution in [0.15, 0.2) is 33.9 Å². The maximum Gasteiger partial charge on any atom is 0.253 e. The highest BCUT2D eigenvalue weighted by atomic mass is 16.5. The molecule has 2 fully saturated rings. The lowest BCUT2D eigenvalue weighted by Crippen LogP contribution is -2.45. The number of hydrogen-bond acceptors (Lipinski definition) is 6. The van der Waals surface area contributed by atoms with E-state index in [1.165, 1.54) is 0 Å². The normalized spacial score (nSPS) is 21.7. The van der Waals surface area contributed by atoms with Crippen LogP contribution >= 0.6 is 0 Å². The van der Waals surface area contributed by atoms with Crippen molar-refractivity contribution in [3.05, 3.63) is 50.3 Å². The predicted molar refractivity (Wildman–Crippen MR) is 131 cm³/mol. The molecule has 1 saturated heterocycles. The first kappa shape index (κ1) is 23.3. The third kappa shape index (κ3) is 5.23. The third-order valence-electron chi connectivity index (χ3n) is 7.42. The number of anilines is 2. The fourth-order valence-electron chi connectivity index (χ4n) is 5.13. The molecule has 2 aliphatic rings. The number of nitrogens with zero attached hydrogens (tertiary/aromatic N) is 1. The third-order valence-corrected chi connectivity index (χ3v) is 7.42. The molecule has 1 amide bonds. The highest BCUT2D eigenvalue weighted by Crippen LogP contribution is 2.31. The van der Waals surface area contributed by atoms with Crippen molar-refractivity contribution in [3.8, 4) is 5.75 Å². The number of para-hydroxylation sites is 1. The van der Waals surface area contributed by atoms with Gasteiger partial charge in [-0.15, -0.1) is 0 Å². The van der Waals surface area contributed by atoms with Gasteiger partial charge in [0.15, 0.2) is 0 Å². The SMILES string of the molecule is COc1ccccc1CNC(=O)C1CCC(CNc2c(N3CCC(C)CC3)c(=O)c2=O)CC1. The Balaban J connectivity index is 1.23. The van der Waals surface area contributed by atoms with Crippen LogP contribution in [0.1, 0.15) is 51.0 Å². The lowest BCUT2D eigenvalue weighted by atomic mass is 9.81. The lowest BCUT2D eigenvalue weighted by Gasteiger charge is -2.34. The molecule has 0 aromatic heterocycles. The summed E-state index contributed by atoms with van der Waals surface area (Å²) in [5.41, 5.74) is 1.34. The van der Waals surface area contributed by atoms with Gasteiger partial charge in [0.1, 0.15) is 17.1 Å². The molecule has 33 heavy (non-hydrogen) atoms. The molecule has 1 aliphatic heterocycles. The van der Waals surface area contributed by atoms with E-state index in [9.17, 15) is 14.4 Å². The Morgan fingerprint density at radius 1 is 1.03 bits per heavy atom. The minimum Gasteiger partial charge on any atom is -0.496 e. The quantitative estimate of drug-likeness (QED) is 0.598. The predicted octanol–water partition coefficient (Wildman–Crippen LogP) is 3.06. The molecular weight excluding hydrogens is 418 g/mol. The number of nitrogens with one attached hydrogen (secondary N) is 2. The van der Waals surface area contributed by atoms with Gasteiger partial charge in [-0.05, 0) is 56.4 Å². The summed E-state index contributed by atoms with van der Waals surface area (Å²) in [6, 6.07) is 7.71. The molecule has 7 heteroatoms. The molecule has 0 atom stereocenters. The number of piperidine rings is 1. The van der Waals surface area contributed by atoms with Crippen LogP contribution in [0, 0.1) is 17.8 Å². The number of carbonyl (C=O) groups excluding carboxylic acids is 1. The second-order valence-corrected chi connectivity index (χ2v) is 9.68. The molecule has 178 valence electrons. The van der Waals surface area contributed by atoms with Crippen molar-refractivity contribution in [3.63, 3.8) is 0 Å². The van der Waals surface area contributed by atoms with E-state index in [0.29, 0.717) is 36.3 Å². The summed E-state index contributed by atoms with van der Waals surface area (Å²) in [7, 11) is 1.63. The average Bonchev–Trinajstić information content (AvgIpc) is 2.85. The molecule has 2 N–H and O–H groups in total. The summed E-state index contributed by atoms with van der Waals surface area (Å²) in [6.07, 6.45) is 5.67. The van der Waals surface area contributed by atoms with Crippen molar-refractivity contribution in [1.29, 1.82) is 0 Å². The number of carbonyl (C=O) groups is 1. The Kier molecular flexibility index (Phi) is 7.36. The molecular formula is C26H35N3O4. The fraction of sp³-hybridized carbons (Fsp3) is 0.577. The monoisotopic (exact) mass is 453 g/mol. The molecule has 2 aromatic rings. The van der Waals surface area contributed by atoms with Gasteiger partial charge >= 0.3 is 0 Å². The van der Waals surface area contributed by atoms with E-state index in [1.54, 1.807) is 7.11 Å². The highest BCUT2D eigenvalue weighted by Gasteiger charge is 2.30. The van der Waals surface area contributed by atoms with Gasteiger partial charge in [-0.2, -0.15) is 0 Å². The van der Waals surface area contributed by atoms with E-state index < -0.39 is 0 Å². The molecule has 0 spiro atoms. The van der Waals surface area contributed by atoms with Crippen LogP contribution in [0.2, 0.25) is 0 Å².